The molecular formula is C27H24N2O5. The monoisotopic (exact) mass is 456 g/mol. The van der Waals surface area contributed by atoms with E-state index in [0.717, 1.165) is 16.9 Å². The van der Waals surface area contributed by atoms with Crippen LogP contribution in [0.2, 0.25) is 0 Å². The lowest BCUT2D eigenvalue weighted by atomic mass is 10.1. The summed E-state index contributed by atoms with van der Waals surface area (Å²) in [5.41, 5.74) is 2.55. The van der Waals surface area contributed by atoms with Crippen molar-refractivity contribution >= 4 is 12.0 Å². The minimum atomic E-state index is -0.438. The van der Waals surface area contributed by atoms with Crippen LogP contribution >= 0.6 is 0 Å². The van der Waals surface area contributed by atoms with E-state index in [2.05, 4.69) is 5.32 Å². The van der Waals surface area contributed by atoms with Crippen LogP contribution in [0.4, 0.5) is 0 Å². The molecule has 0 unspecified atom stereocenters. The SMILES string of the molecule is CCOc1cc(/C=C(/C#N)C(=O)NCc2ccccc2)ccc1OCc1ccc2c(c1)OCO2. The average molecular weight is 456 g/mol. The largest absolute Gasteiger partial charge is 0.490 e. The number of nitriles is 1. The van der Waals surface area contributed by atoms with Crippen LogP contribution in [0.15, 0.2) is 72.3 Å². The highest BCUT2D eigenvalue weighted by atomic mass is 16.7. The Bertz CT molecular complexity index is 1230. The molecule has 3 aromatic carbocycles. The van der Waals surface area contributed by atoms with Gasteiger partial charge in [-0.15, -0.1) is 0 Å². The van der Waals surface area contributed by atoms with E-state index in [1.807, 2.05) is 61.5 Å². The van der Waals surface area contributed by atoms with E-state index in [9.17, 15) is 10.1 Å². The summed E-state index contributed by atoms with van der Waals surface area (Å²) in [6.45, 7) is 3.20. The maximum Gasteiger partial charge on any atom is 0.262 e. The second-order valence-electron chi connectivity index (χ2n) is 7.45. The van der Waals surface area contributed by atoms with Crippen LogP contribution in [0.1, 0.15) is 23.6 Å². The van der Waals surface area contributed by atoms with Crippen LogP contribution in [0.5, 0.6) is 23.0 Å². The van der Waals surface area contributed by atoms with Gasteiger partial charge >= 0.3 is 0 Å². The maximum atomic E-state index is 12.5. The Morgan fingerprint density at radius 2 is 1.82 bits per heavy atom. The summed E-state index contributed by atoms with van der Waals surface area (Å²) >= 11 is 0. The summed E-state index contributed by atoms with van der Waals surface area (Å²) in [5.74, 6) is 2.06. The lowest BCUT2D eigenvalue weighted by molar-refractivity contribution is -0.117. The van der Waals surface area contributed by atoms with Gasteiger partial charge in [-0.25, -0.2) is 0 Å². The zero-order valence-corrected chi connectivity index (χ0v) is 18.7. The van der Waals surface area contributed by atoms with Gasteiger partial charge in [-0.1, -0.05) is 42.5 Å². The van der Waals surface area contributed by atoms with Gasteiger partial charge in [0.2, 0.25) is 6.79 Å². The number of fused-ring (bicyclic) bond motifs is 1. The summed E-state index contributed by atoms with van der Waals surface area (Å²) < 4.78 is 22.5. The Hall–Kier alpha value is -4.44. The van der Waals surface area contributed by atoms with Gasteiger partial charge in [0.05, 0.1) is 6.61 Å². The fourth-order valence-corrected chi connectivity index (χ4v) is 3.38. The lowest BCUT2D eigenvalue weighted by Gasteiger charge is -2.13. The molecule has 0 aliphatic carbocycles. The van der Waals surface area contributed by atoms with E-state index in [1.165, 1.54) is 6.08 Å². The summed E-state index contributed by atoms with van der Waals surface area (Å²) in [5, 5.41) is 12.3. The van der Waals surface area contributed by atoms with Crippen LogP contribution in [-0.4, -0.2) is 19.3 Å². The Morgan fingerprint density at radius 1 is 1.00 bits per heavy atom. The van der Waals surface area contributed by atoms with Gasteiger partial charge in [0.15, 0.2) is 23.0 Å². The second kappa shape index (κ2) is 10.9. The van der Waals surface area contributed by atoms with E-state index in [4.69, 9.17) is 18.9 Å². The van der Waals surface area contributed by atoms with Crippen molar-refractivity contribution in [2.45, 2.75) is 20.1 Å². The molecule has 0 fully saturated rings. The van der Waals surface area contributed by atoms with Gasteiger partial charge < -0.3 is 24.3 Å². The topological polar surface area (TPSA) is 89.8 Å². The van der Waals surface area contributed by atoms with Gasteiger partial charge in [0.25, 0.3) is 5.91 Å². The lowest BCUT2D eigenvalue weighted by Crippen LogP contribution is -2.23. The predicted octanol–water partition coefficient (Wildman–Crippen LogP) is 4.62. The third kappa shape index (κ3) is 5.67. The fourth-order valence-electron chi connectivity index (χ4n) is 3.38. The molecule has 1 aliphatic heterocycles. The molecule has 0 saturated carbocycles. The fraction of sp³-hybridized carbons (Fsp3) is 0.185. The predicted molar refractivity (Wildman–Crippen MR) is 126 cm³/mol. The van der Waals surface area contributed by atoms with E-state index in [1.54, 1.807) is 18.2 Å². The molecule has 1 N–H and O–H groups in total. The number of ether oxygens (including phenoxy) is 4. The van der Waals surface area contributed by atoms with Crippen LogP contribution in [0.25, 0.3) is 6.08 Å². The highest BCUT2D eigenvalue weighted by Gasteiger charge is 2.14. The number of amides is 1. The summed E-state index contributed by atoms with van der Waals surface area (Å²) in [7, 11) is 0. The number of rotatable bonds is 9. The van der Waals surface area contributed by atoms with E-state index >= 15 is 0 Å². The van der Waals surface area contributed by atoms with E-state index in [0.29, 0.717) is 42.6 Å². The second-order valence-corrected chi connectivity index (χ2v) is 7.45. The third-order valence-corrected chi connectivity index (χ3v) is 5.07. The minimum absolute atomic E-state index is 0.00686. The molecule has 0 atom stereocenters. The first kappa shape index (κ1) is 22.7. The summed E-state index contributed by atoms with van der Waals surface area (Å²) in [4.78, 5) is 12.5. The quantitative estimate of drug-likeness (QED) is 0.373. The summed E-state index contributed by atoms with van der Waals surface area (Å²) in [6, 6.07) is 22.4. The molecule has 0 aromatic heterocycles. The Labute approximate surface area is 198 Å². The van der Waals surface area contributed by atoms with Gasteiger partial charge in [-0.3, -0.25) is 4.79 Å². The van der Waals surface area contributed by atoms with Crippen LogP contribution < -0.4 is 24.3 Å². The number of carbonyl (C=O) groups is 1. The summed E-state index contributed by atoms with van der Waals surface area (Å²) in [6.07, 6.45) is 1.53. The van der Waals surface area contributed by atoms with Crippen molar-refractivity contribution in [3.8, 4) is 29.1 Å². The molecule has 0 bridgehead atoms. The number of hydrogen-bond donors (Lipinski definition) is 1. The van der Waals surface area contributed by atoms with Crippen molar-refractivity contribution in [2.75, 3.05) is 13.4 Å². The van der Waals surface area contributed by atoms with Crippen molar-refractivity contribution in [3.63, 3.8) is 0 Å². The highest BCUT2D eigenvalue weighted by Crippen LogP contribution is 2.34. The average Bonchev–Trinajstić information content (AvgIpc) is 3.34. The number of nitrogens with zero attached hydrogens (tertiary/aromatic N) is 1. The molecule has 0 radical (unpaired) electrons. The third-order valence-electron chi connectivity index (χ3n) is 5.07. The molecule has 172 valence electrons. The molecule has 3 aromatic rings. The molecule has 1 amide bonds. The number of carbonyl (C=O) groups excluding carboxylic acids is 1. The maximum absolute atomic E-state index is 12.5. The molecule has 0 spiro atoms. The zero-order chi connectivity index (χ0) is 23.8. The van der Waals surface area contributed by atoms with Crippen LogP contribution in [0.3, 0.4) is 0 Å². The van der Waals surface area contributed by atoms with E-state index < -0.39 is 5.91 Å². The van der Waals surface area contributed by atoms with Crippen LogP contribution in [-0.2, 0) is 17.9 Å². The molecule has 4 rings (SSSR count). The first-order valence-electron chi connectivity index (χ1n) is 10.9. The Balaban J connectivity index is 1.45. The first-order chi connectivity index (χ1) is 16.7. The van der Waals surface area contributed by atoms with Gasteiger partial charge in [0, 0.05) is 6.54 Å². The zero-order valence-electron chi connectivity index (χ0n) is 18.7. The smallest absolute Gasteiger partial charge is 0.262 e. The highest BCUT2D eigenvalue weighted by molar-refractivity contribution is 6.01. The molecule has 34 heavy (non-hydrogen) atoms. The van der Waals surface area contributed by atoms with E-state index in [-0.39, 0.29) is 12.4 Å². The van der Waals surface area contributed by atoms with Crippen molar-refractivity contribution in [1.82, 2.24) is 5.32 Å². The molecular weight excluding hydrogens is 432 g/mol. The van der Waals surface area contributed by atoms with Gasteiger partial charge in [-0.05, 0) is 54.0 Å². The Morgan fingerprint density at radius 3 is 2.62 bits per heavy atom. The molecule has 1 aliphatic rings. The van der Waals surface area contributed by atoms with Crippen molar-refractivity contribution in [3.05, 3.63) is 89.0 Å². The number of hydrogen-bond acceptors (Lipinski definition) is 6. The standard InChI is InChI=1S/C27H24N2O5/c1-2-31-25-13-20(12-22(15-28)27(30)29-16-19-6-4-3-5-7-19)8-10-23(25)32-17-21-9-11-24-26(14-21)34-18-33-24/h3-14H,2,16-18H2,1H3,(H,29,30)/b22-12-. The molecule has 7 heteroatoms. The molecule has 7 nitrogen and oxygen atoms in total. The Kier molecular flexibility index (Phi) is 7.31. The number of benzene rings is 3. The first-order valence-corrected chi connectivity index (χ1v) is 10.9. The number of nitrogens with one attached hydrogen (secondary N) is 1. The normalized spacial score (nSPS) is 12.1. The minimum Gasteiger partial charge on any atom is -0.490 e. The molecule has 0 saturated heterocycles. The van der Waals surface area contributed by atoms with Gasteiger partial charge in [0.1, 0.15) is 18.2 Å². The van der Waals surface area contributed by atoms with Crippen molar-refractivity contribution in [1.29, 1.82) is 5.26 Å². The molecule has 1 heterocycles. The van der Waals surface area contributed by atoms with Crippen molar-refractivity contribution < 1.29 is 23.7 Å². The van der Waals surface area contributed by atoms with Crippen LogP contribution in [0, 0.1) is 11.3 Å². The van der Waals surface area contributed by atoms with Crippen molar-refractivity contribution in [2.24, 2.45) is 0 Å². The van der Waals surface area contributed by atoms with Gasteiger partial charge in [-0.2, -0.15) is 5.26 Å².